The molecule has 0 atom stereocenters. The van der Waals surface area contributed by atoms with Crippen LogP contribution in [0.15, 0.2) is 23.0 Å². The second-order valence-electron chi connectivity index (χ2n) is 7.75. The summed E-state index contributed by atoms with van der Waals surface area (Å²) < 4.78 is 34.3. The van der Waals surface area contributed by atoms with E-state index < -0.39 is 6.43 Å². The number of rotatable bonds is 4. The summed E-state index contributed by atoms with van der Waals surface area (Å²) in [5.74, 6) is 0.589. The molecule has 0 radical (unpaired) electrons. The summed E-state index contributed by atoms with van der Waals surface area (Å²) in [6.07, 6.45) is -0.588. The molecule has 8 heteroatoms. The molecule has 3 heterocycles. The Balaban J connectivity index is 2.08. The Morgan fingerprint density at radius 1 is 1.26 bits per heavy atom. The van der Waals surface area contributed by atoms with Crippen molar-refractivity contribution in [3.8, 4) is 5.75 Å². The number of nitrogens with zero attached hydrogens (tertiary/aromatic N) is 3. The number of anilines is 2. The van der Waals surface area contributed by atoms with Gasteiger partial charge in [-0.1, -0.05) is 18.5 Å². The van der Waals surface area contributed by atoms with E-state index in [1.165, 1.54) is 6.07 Å². The summed E-state index contributed by atoms with van der Waals surface area (Å²) in [7, 11) is 3.30. The van der Waals surface area contributed by atoms with Gasteiger partial charge in [-0.3, -0.25) is 4.79 Å². The molecule has 164 valence electrons. The molecule has 1 aliphatic heterocycles. The van der Waals surface area contributed by atoms with Gasteiger partial charge < -0.3 is 14.2 Å². The van der Waals surface area contributed by atoms with E-state index in [2.05, 4.69) is 4.98 Å². The van der Waals surface area contributed by atoms with Crippen LogP contribution in [0, 0.1) is 6.92 Å². The van der Waals surface area contributed by atoms with Crippen LogP contribution in [-0.2, 0) is 19.9 Å². The van der Waals surface area contributed by atoms with Gasteiger partial charge in [-0.2, -0.15) is 0 Å². The van der Waals surface area contributed by atoms with Crippen LogP contribution in [0.3, 0.4) is 0 Å². The normalized spacial score (nSPS) is 13.7. The molecular weight excluding hydrogens is 424 g/mol. The molecule has 4 rings (SSSR count). The third-order valence-corrected chi connectivity index (χ3v) is 6.37. The summed E-state index contributed by atoms with van der Waals surface area (Å²) in [5, 5.41) is 0.767. The molecule has 2 aromatic heterocycles. The fraction of sp³-hybridized carbons (Fsp3) is 0.391. The van der Waals surface area contributed by atoms with E-state index in [0.717, 1.165) is 28.6 Å². The van der Waals surface area contributed by atoms with Crippen molar-refractivity contribution < 1.29 is 13.5 Å². The Labute approximate surface area is 184 Å². The maximum Gasteiger partial charge on any atom is 0.266 e. The van der Waals surface area contributed by atoms with E-state index in [4.69, 9.17) is 16.3 Å². The first-order valence-electron chi connectivity index (χ1n) is 10.2. The van der Waals surface area contributed by atoms with Crippen molar-refractivity contribution in [2.24, 2.45) is 7.05 Å². The number of aromatic nitrogens is 2. The first-order chi connectivity index (χ1) is 14.8. The molecular formula is C23H24ClF2N3O2. The van der Waals surface area contributed by atoms with Crippen LogP contribution < -0.4 is 15.2 Å². The van der Waals surface area contributed by atoms with Crippen LogP contribution in [0.25, 0.3) is 10.9 Å². The van der Waals surface area contributed by atoms with E-state index in [9.17, 15) is 13.6 Å². The quantitative estimate of drug-likeness (QED) is 0.496. The second-order valence-corrected chi connectivity index (χ2v) is 8.11. The first kappa shape index (κ1) is 21.6. The number of methoxy groups -OCH3 is 1. The number of aryl methyl sites for hydroxylation is 3. The van der Waals surface area contributed by atoms with E-state index in [-0.39, 0.29) is 16.3 Å². The lowest BCUT2D eigenvalue weighted by atomic mass is 9.97. The predicted molar refractivity (Wildman–Crippen MR) is 119 cm³/mol. The molecule has 0 aliphatic carbocycles. The molecule has 0 amide bonds. The zero-order chi connectivity index (χ0) is 22.4. The van der Waals surface area contributed by atoms with E-state index in [1.54, 1.807) is 18.7 Å². The molecule has 0 saturated heterocycles. The number of benzene rings is 1. The highest BCUT2D eigenvalue weighted by molar-refractivity contribution is 6.30. The minimum absolute atomic E-state index is 0.0592. The third kappa shape index (κ3) is 3.45. The molecule has 1 aliphatic rings. The van der Waals surface area contributed by atoms with Gasteiger partial charge in [0.05, 0.1) is 35.3 Å². The number of pyridine rings is 2. The maximum absolute atomic E-state index is 13.6. The number of hydrogen-bond donors (Lipinski definition) is 0. The van der Waals surface area contributed by atoms with Crippen molar-refractivity contribution >= 4 is 33.9 Å². The van der Waals surface area contributed by atoms with Gasteiger partial charge in [-0.25, -0.2) is 13.8 Å². The Kier molecular flexibility index (Phi) is 5.64. The molecule has 0 N–H and O–H groups in total. The lowest BCUT2D eigenvalue weighted by Gasteiger charge is -2.33. The summed E-state index contributed by atoms with van der Waals surface area (Å²) in [6, 6.07) is 5.19. The van der Waals surface area contributed by atoms with Crippen LogP contribution in [0.2, 0.25) is 5.15 Å². The molecule has 0 spiro atoms. The fourth-order valence-corrected chi connectivity index (χ4v) is 4.73. The highest BCUT2D eigenvalue weighted by Crippen LogP contribution is 2.42. The molecule has 0 fully saturated rings. The lowest BCUT2D eigenvalue weighted by molar-refractivity contribution is 0.151. The fourth-order valence-electron chi connectivity index (χ4n) is 4.49. The molecule has 3 aromatic rings. The SMILES string of the molecule is CCc1c(C)c(=O)n(C)c2cc(OC)cc(N3CCCc4nc(Cl)c(C(F)F)cc43)c12. The number of ether oxygens (including phenoxy) is 1. The molecule has 31 heavy (non-hydrogen) atoms. The number of halogens is 3. The van der Waals surface area contributed by atoms with Crippen LogP contribution >= 0.6 is 11.6 Å². The standard InChI is InChI=1S/C23H24ClF2N3O2/c1-5-14-12(2)23(30)28(3)18-9-13(31-4)10-19(20(14)18)29-8-6-7-16-17(29)11-15(22(25)26)21(24)27-16/h9-11,22H,5-8H2,1-4H3. The Hall–Kier alpha value is -2.67. The summed E-state index contributed by atoms with van der Waals surface area (Å²) in [6.45, 7) is 4.47. The highest BCUT2D eigenvalue weighted by atomic mass is 35.5. The van der Waals surface area contributed by atoms with Crippen LogP contribution in [0.4, 0.5) is 20.2 Å². The van der Waals surface area contributed by atoms with Gasteiger partial charge in [0.2, 0.25) is 0 Å². The van der Waals surface area contributed by atoms with Crippen molar-refractivity contribution in [1.29, 1.82) is 0 Å². The van der Waals surface area contributed by atoms with Gasteiger partial charge in [-0.05, 0) is 37.8 Å². The van der Waals surface area contributed by atoms with Crippen LogP contribution in [0.5, 0.6) is 5.75 Å². The van der Waals surface area contributed by atoms with Crippen LogP contribution in [-0.4, -0.2) is 23.2 Å². The zero-order valence-electron chi connectivity index (χ0n) is 17.9. The number of fused-ring (bicyclic) bond motifs is 2. The van der Waals surface area contributed by atoms with Crippen molar-refractivity contribution in [2.45, 2.75) is 39.5 Å². The third-order valence-electron chi connectivity index (χ3n) is 6.07. The average Bonchev–Trinajstić information content (AvgIpc) is 2.76. The van der Waals surface area contributed by atoms with Gasteiger partial charge in [-0.15, -0.1) is 0 Å². The van der Waals surface area contributed by atoms with Gasteiger partial charge in [0, 0.05) is 36.7 Å². The van der Waals surface area contributed by atoms with E-state index >= 15 is 0 Å². The minimum Gasteiger partial charge on any atom is -0.497 e. The minimum atomic E-state index is -2.72. The van der Waals surface area contributed by atoms with Gasteiger partial charge >= 0.3 is 0 Å². The van der Waals surface area contributed by atoms with E-state index in [1.807, 2.05) is 30.9 Å². The molecule has 0 bridgehead atoms. The zero-order valence-corrected chi connectivity index (χ0v) is 18.7. The van der Waals surface area contributed by atoms with Gasteiger partial charge in [0.25, 0.3) is 12.0 Å². The summed E-state index contributed by atoms with van der Waals surface area (Å²) in [4.78, 5) is 19.1. The monoisotopic (exact) mass is 447 g/mol. The Bertz CT molecular complexity index is 1240. The van der Waals surface area contributed by atoms with Gasteiger partial charge in [0.15, 0.2) is 0 Å². The maximum atomic E-state index is 13.6. The van der Waals surface area contributed by atoms with Crippen LogP contribution in [0.1, 0.15) is 42.2 Å². The smallest absolute Gasteiger partial charge is 0.266 e. The van der Waals surface area contributed by atoms with Crippen molar-refractivity contribution in [1.82, 2.24) is 9.55 Å². The van der Waals surface area contributed by atoms with Crippen molar-refractivity contribution in [2.75, 3.05) is 18.6 Å². The lowest BCUT2D eigenvalue weighted by Crippen LogP contribution is -2.27. The molecule has 0 unspecified atom stereocenters. The Morgan fingerprint density at radius 2 is 2.00 bits per heavy atom. The average molecular weight is 448 g/mol. The summed E-state index contributed by atoms with van der Waals surface area (Å²) >= 11 is 6.03. The van der Waals surface area contributed by atoms with E-state index in [0.29, 0.717) is 42.1 Å². The predicted octanol–water partition coefficient (Wildman–Crippen LogP) is 5.49. The largest absolute Gasteiger partial charge is 0.497 e. The van der Waals surface area contributed by atoms with Crippen molar-refractivity contribution in [3.05, 3.63) is 56.1 Å². The Morgan fingerprint density at radius 3 is 2.65 bits per heavy atom. The number of hydrogen-bond acceptors (Lipinski definition) is 4. The van der Waals surface area contributed by atoms with Crippen molar-refractivity contribution in [3.63, 3.8) is 0 Å². The molecule has 5 nitrogen and oxygen atoms in total. The first-order valence-corrected chi connectivity index (χ1v) is 10.6. The second kappa shape index (κ2) is 8.11. The topological polar surface area (TPSA) is 47.4 Å². The molecule has 1 aromatic carbocycles. The summed E-state index contributed by atoms with van der Waals surface area (Å²) in [5.41, 5.74) is 4.16. The van der Waals surface area contributed by atoms with Gasteiger partial charge in [0.1, 0.15) is 10.9 Å². The molecule has 0 saturated carbocycles. The number of alkyl halides is 2. The highest BCUT2D eigenvalue weighted by Gasteiger charge is 2.27.